The lowest BCUT2D eigenvalue weighted by Gasteiger charge is -2.54. The van der Waals surface area contributed by atoms with E-state index >= 15 is 0 Å². The van der Waals surface area contributed by atoms with Crippen molar-refractivity contribution in [3.63, 3.8) is 0 Å². The van der Waals surface area contributed by atoms with Crippen molar-refractivity contribution in [2.45, 2.75) is 63.9 Å². The van der Waals surface area contributed by atoms with Crippen LogP contribution in [0.3, 0.4) is 0 Å². The quantitative estimate of drug-likeness (QED) is 0.763. The van der Waals surface area contributed by atoms with E-state index in [0.29, 0.717) is 4.90 Å². The van der Waals surface area contributed by atoms with Gasteiger partial charge in [0, 0.05) is 50.5 Å². The van der Waals surface area contributed by atoms with Crippen LogP contribution in [-0.2, 0) is 11.1 Å². The van der Waals surface area contributed by atoms with Crippen molar-refractivity contribution in [3.8, 4) is 0 Å². The number of benzene rings is 1. The monoisotopic (exact) mass is 395 g/mol. The van der Waals surface area contributed by atoms with Gasteiger partial charge in [0.05, 0.1) is 4.90 Å². The largest absolute Gasteiger partial charge is 0.371 e. The maximum atomic E-state index is 11.2. The summed E-state index contributed by atoms with van der Waals surface area (Å²) in [6, 6.07) is 9.04. The highest BCUT2D eigenvalue weighted by Crippen LogP contribution is 2.32. The molecular weight excluding hydrogens is 358 g/mol. The summed E-state index contributed by atoms with van der Waals surface area (Å²) in [5, 5.41) is 3.50. The molecule has 1 aromatic rings. The lowest BCUT2D eigenvalue weighted by atomic mass is 9.85. The summed E-state index contributed by atoms with van der Waals surface area (Å²) < 4.78 is 20.5. The molecule has 0 saturated carbocycles. The molecule has 2 bridgehead atoms. The summed E-state index contributed by atoms with van der Waals surface area (Å²) in [7, 11) is 0. The normalized spacial score (nSPS) is 26.0. The van der Waals surface area contributed by atoms with Crippen LogP contribution in [0.1, 0.15) is 47.0 Å². The summed E-state index contributed by atoms with van der Waals surface area (Å²) >= 11 is -1.89. The third-order valence-electron chi connectivity index (χ3n) is 5.71. The minimum atomic E-state index is -1.89. The summed E-state index contributed by atoms with van der Waals surface area (Å²) in [5.74, 6) is 0.796. The van der Waals surface area contributed by atoms with E-state index in [4.69, 9.17) is 0 Å². The highest BCUT2D eigenvalue weighted by Gasteiger charge is 2.42. The van der Waals surface area contributed by atoms with E-state index in [-0.39, 0.29) is 0 Å². The minimum absolute atomic E-state index is 0.491. The van der Waals surface area contributed by atoms with Gasteiger partial charge in [0.25, 0.3) is 0 Å². The number of nitrogens with zero attached hydrogens (tertiary/aromatic N) is 2. The first-order chi connectivity index (χ1) is 13.2. The van der Waals surface area contributed by atoms with Gasteiger partial charge >= 0.3 is 0 Å². The van der Waals surface area contributed by atoms with E-state index in [0.717, 1.165) is 36.8 Å². The second-order valence-electron chi connectivity index (χ2n) is 7.08. The van der Waals surface area contributed by atoms with Crippen LogP contribution in [0.2, 0.25) is 0 Å². The highest BCUT2D eigenvalue weighted by molar-refractivity contribution is 7.79. The van der Waals surface area contributed by atoms with Crippen molar-refractivity contribution in [3.05, 3.63) is 24.3 Å². The number of piperazine rings is 1. The van der Waals surface area contributed by atoms with E-state index in [1.54, 1.807) is 6.07 Å². The molecule has 0 radical (unpaired) electrons. The highest BCUT2D eigenvalue weighted by atomic mass is 32.2. The van der Waals surface area contributed by atoms with Gasteiger partial charge in [-0.15, -0.1) is 0 Å². The fraction of sp³-hybridized carbons (Fsp3) is 0.714. The molecule has 0 spiro atoms. The average molecular weight is 396 g/mol. The van der Waals surface area contributed by atoms with Gasteiger partial charge in [-0.1, -0.05) is 33.8 Å². The molecule has 1 aromatic carbocycles. The fourth-order valence-electron chi connectivity index (χ4n) is 4.32. The van der Waals surface area contributed by atoms with Gasteiger partial charge in [-0.25, -0.2) is 4.21 Å². The van der Waals surface area contributed by atoms with Crippen LogP contribution in [-0.4, -0.2) is 58.5 Å². The van der Waals surface area contributed by atoms with Crippen LogP contribution in [0.25, 0.3) is 0 Å². The number of fused-ring (bicyclic) bond motifs is 2. The smallest absolute Gasteiger partial charge is 0.186 e. The van der Waals surface area contributed by atoms with E-state index in [1.807, 2.05) is 45.9 Å². The third-order valence-corrected chi connectivity index (χ3v) is 6.37. The van der Waals surface area contributed by atoms with Crippen molar-refractivity contribution >= 4 is 16.8 Å². The van der Waals surface area contributed by atoms with Crippen molar-refractivity contribution < 1.29 is 8.76 Å². The van der Waals surface area contributed by atoms with Gasteiger partial charge in [-0.2, -0.15) is 0 Å². The Bertz CT molecular complexity index is 577. The van der Waals surface area contributed by atoms with Gasteiger partial charge in [-0.3, -0.25) is 4.90 Å². The molecule has 3 unspecified atom stereocenters. The Morgan fingerprint density at radius 3 is 2.30 bits per heavy atom. The number of hydrogen-bond donors (Lipinski definition) is 2. The van der Waals surface area contributed by atoms with Gasteiger partial charge < -0.3 is 14.8 Å². The molecule has 3 atom stereocenters. The molecule has 3 heterocycles. The second kappa shape index (κ2) is 11.1. The Hall–Kier alpha value is -0.950. The van der Waals surface area contributed by atoms with Crippen LogP contribution in [0.4, 0.5) is 5.69 Å². The Morgan fingerprint density at radius 2 is 1.74 bits per heavy atom. The maximum Gasteiger partial charge on any atom is 0.186 e. The van der Waals surface area contributed by atoms with Crippen LogP contribution < -0.4 is 10.2 Å². The van der Waals surface area contributed by atoms with E-state index < -0.39 is 11.1 Å². The number of piperidine rings is 2. The van der Waals surface area contributed by atoms with Crippen molar-refractivity contribution in [1.29, 1.82) is 0 Å². The van der Waals surface area contributed by atoms with Gasteiger partial charge in [-0.05, 0) is 43.4 Å². The second-order valence-corrected chi connectivity index (χ2v) is 8.05. The average Bonchev–Trinajstić information content (AvgIpc) is 2.76. The number of anilines is 1. The molecule has 3 aliphatic rings. The van der Waals surface area contributed by atoms with Gasteiger partial charge in [0.2, 0.25) is 0 Å². The first-order valence-corrected chi connectivity index (χ1v) is 11.7. The molecule has 2 N–H and O–H groups in total. The Labute approximate surface area is 167 Å². The van der Waals surface area contributed by atoms with Crippen LogP contribution in [0.15, 0.2) is 29.2 Å². The first kappa shape index (κ1) is 22.3. The molecule has 3 aliphatic heterocycles. The predicted molar refractivity (Wildman–Crippen MR) is 115 cm³/mol. The SMILES string of the molecule is CC.CC.O=S(O)c1cccc(N2CCC(CN3C4CNCC3C4)CC2)c1. The number of nitrogens with one attached hydrogen (secondary N) is 1. The number of hydrogen-bond acceptors (Lipinski definition) is 4. The Morgan fingerprint density at radius 1 is 1.11 bits per heavy atom. The lowest BCUT2D eigenvalue weighted by molar-refractivity contribution is -0.0273. The maximum absolute atomic E-state index is 11.2. The zero-order valence-corrected chi connectivity index (χ0v) is 18.2. The van der Waals surface area contributed by atoms with Crippen LogP contribution in [0, 0.1) is 5.92 Å². The third kappa shape index (κ3) is 5.53. The molecule has 4 rings (SSSR count). The molecule has 0 amide bonds. The van der Waals surface area contributed by atoms with E-state index in [9.17, 15) is 8.76 Å². The van der Waals surface area contributed by atoms with Crippen molar-refractivity contribution in [2.24, 2.45) is 5.92 Å². The summed E-state index contributed by atoms with van der Waals surface area (Å²) in [5.41, 5.74) is 1.08. The summed E-state index contributed by atoms with van der Waals surface area (Å²) in [6.07, 6.45) is 3.82. The van der Waals surface area contributed by atoms with Gasteiger partial charge in [0.1, 0.15) is 0 Å². The van der Waals surface area contributed by atoms with Crippen molar-refractivity contribution in [1.82, 2.24) is 10.2 Å². The predicted octanol–water partition coefficient (Wildman–Crippen LogP) is 3.58. The Kier molecular flexibility index (Phi) is 9.22. The standard InChI is InChI=1S/C17H25N3O2S.2C2H6/c21-23(22)17-3-1-2-14(9-17)19-6-4-13(5-7-19)12-20-15-8-16(20)11-18-10-15;2*1-2/h1-3,9,13,15-16,18H,4-8,10-12H2,(H,21,22);2*1-2H3. The van der Waals surface area contributed by atoms with Crippen LogP contribution >= 0.6 is 0 Å². The Balaban J connectivity index is 0.000000614. The van der Waals surface area contributed by atoms with E-state index in [2.05, 4.69) is 15.1 Å². The minimum Gasteiger partial charge on any atom is -0.371 e. The molecule has 0 aliphatic carbocycles. The lowest BCUT2D eigenvalue weighted by Crippen LogP contribution is -2.68. The van der Waals surface area contributed by atoms with E-state index in [1.165, 1.54) is 38.9 Å². The molecule has 3 saturated heterocycles. The molecule has 27 heavy (non-hydrogen) atoms. The molecule has 3 fully saturated rings. The molecule has 6 heteroatoms. The molecule has 0 aromatic heterocycles. The first-order valence-electron chi connectivity index (χ1n) is 10.6. The molecular formula is C21H37N3O2S. The van der Waals surface area contributed by atoms with Crippen LogP contribution in [0.5, 0.6) is 0 Å². The molecule has 154 valence electrons. The zero-order chi connectivity index (χ0) is 19.8. The summed E-state index contributed by atoms with van der Waals surface area (Å²) in [6.45, 7) is 13.7. The van der Waals surface area contributed by atoms with Crippen molar-refractivity contribution in [2.75, 3.05) is 37.6 Å². The zero-order valence-electron chi connectivity index (χ0n) is 17.4. The number of rotatable bonds is 4. The topological polar surface area (TPSA) is 55.8 Å². The fourth-order valence-corrected chi connectivity index (χ4v) is 4.74. The van der Waals surface area contributed by atoms with Gasteiger partial charge in [0.15, 0.2) is 11.1 Å². The molecule has 5 nitrogen and oxygen atoms in total. The summed E-state index contributed by atoms with van der Waals surface area (Å²) in [4.78, 5) is 5.56.